The van der Waals surface area contributed by atoms with E-state index in [1.54, 1.807) is 11.8 Å². The number of nitrogens with zero attached hydrogens (tertiary/aromatic N) is 2. The summed E-state index contributed by atoms with van der Waals surface area (Å²) in [6.07, 6.45) is 2.10. The van der Waals surface area contributed by atoms with E-state index in [2.05, 4.69) is 41.3 Å². The molecule has 1 aromatic carbocycles. The highest BCUT2D eigenvalue weighted by atomic mass is 32.2. The molecule has 5 heteroatoms. The zero-order chi connectivity index (χ0) is 13.7. The molecule has 0 amide bonds. The first kappa shape index (κ1) is 14.6. The fraction of sp³-hybridized carbons (Fsp3) is 0.500. The molecule has 0 saturated carbocycles. The van der Waals surface area contributed by atoms with Crippen molar-refractivity contribution in [2.45, 2.75) is 18.4 Å². The molecule has 104 valence electrons. The molecule has 0 aliphatic carbocycles. The van der Waals surface area contributed by atoms with Crippen molar-refractivity contribution in [3.63, 3.8) is 0 Å². The second kappa shape index (κ2) is 7.10. The van der Waals surface area contributed by atoms with Gasteiger partial charge >= 0.3 is 0 Å². The fourth-order valence-electron chi connectivity index (χ4n) is 2.04. The summed E-state index contributed by atoms with van der Waals surface area (Å²) < 4.78 is 0. The van der Waals surface area contributed by atoms with Crippen LogP contribution >= 0.6 is 23.5 Å². The summed E-state index contributed by atoms with van der Waals surface area (Å²) in [7, 11) is 0. The number of hydrogen-bond acceptors (Lipinski definition) is 3. The summed E-state index contributed by atoms with van der Waals surface area (Å²) in [4.78, 5) is 8.04. The Bertz CT molecular complexity index is 454. The van der Waals surface area contributed by atoms with Crippen LogP contribution in [0, 0.1) is 6.92 Å². The van der Waals surface area contributed by atoms with E-state index in [0.717, 1.165) is 24.6 Å². The molecule has 3 nitrogen and oxygen atoms in total. The van der Waals surface area contributed by atoms with Crippen LogP contribution in [-0.4, -0.2) is 41.7 Å². The number of benzene rings is 1. The van der Waals surface area contributed by atoms with Gasteiger partial charge in [0.25, 0.3) is 0 Å². The topological polar surface area (TPSA) is 41.6 Å². The average Bonchev–Trinajstić information content (AvgIpc) is 2.46. The number of aryl methyl sites for hydroxylation is 1. The van der Waals surface area contributed by atoms with Crippen LogP contribution in [0.4, 0.5) is 0 Å². The van der Waals surface area contributed by atoms with Crippen molar-refractivity contribution >= 4 is 29.5 Å². The normalized spacial score (nSPS) is 16.7. The van der Waals surface area contributed by atoms with Gasteiger partial charge in [0.1, 0.15) is 0 Å². The maximum Gasteiger partial charge on any atom is 0.191 e. The molecule has 1 aliphatic heterocycles. The molecule has 1 heterocycles. The molecule has 1 saturated heterocycles. The van der Waals surface area contributed by atoms with Gasteiger partial charge in [0.05, 0.1) is 6.54 Å². The Morgan fingerprint density at radius 2 is 2.16 bits per heavy atom. The molecule has 0 spiro atoms. The quantitative estimate of drug-likeness (QED) is 0.529. The molecule has 1 aliphatic rings. The first-order valence-corrected chi connectivity index (χ1v) is 8.85. The average molecular weight is 295 g/mol. The Morgan fingerprint density at radius 1 is 1.42 bits per heavy atom. The third kappa shape index (κ3) is 4.08. The highest BCUT2D eigenvalue weighted by Crippen LogP contribution is 2.22. The van der Waals surface area contributed by atoms with Crippen molar-refractivity contribution in [1.29, 1.82) is 0 Å². The molecule has 19 heavy (non-hydrogen) atoms. The van der Waals surface area contributed by atoms with Gasteiger partial charge in [-0.3, -0.25) is 0 Å². The monoisotopic (exact) mass is 295 g/mol. The zero-order valence-electron chi connectivity index (χ0n) is 11.6. The van der Waals surface area contributed by atoms with Crippen LogP contribution < -0.4 is 5.73 Å². The van der Waals surface area contributed by atoms with Crippen molar-refractivity contribution in [2.24, 2.45) is 10.7 Å². The number of aliphatic imine (C=N–C) groups is 1. The Hall–Kier alpha value is -0.810. The van der Waals surface area contributed by atoms with E-state index in [-0.39, 0.29) is 0 Å². The molecule has 2 rings (SSSR count). The fourth-order valence-corrected chi connectivity index (χ4v) is 3.64. The van der Waals surface area contributed by atoms with Crippen LogP contribution in [0.3, 0.4) is 0 Å². The Morgan fingerprint density at radius 3 is 2.84 bits per heavy atom. The summed E-state index contributed by atoms with van der Waals surface area (Å²) in [5, 5.41) is 0. The van der Waals surface area contributed by atoms with Gasteiger partial charge < -0.3 is 10.6 Å². The van der Waals surface area contributed by atoms with Crippen molar-refractivity contribution in [1.82, 2.24) is 4.90 Å². The van der Waals surface area contributed by atoms with E-state index in [4.69, 9.17) is 5.73 Å². The minimum atomic E-state index is 0.673. The third-order valence-electron chi connectivity index (χ3n) is 3.19. The van der Waals surface area contributed by atoms with E-state index in [1.807, 2.05) is 11.8 Å². The minimum absolute atomic E-state index is 0.673. The Balaban J connectivity index is 2.04. The van der Waals surface area contributed by atoms with Crippen LogP contribution in [0.2, 0.25) is 0 Å². The van der Waals surface area contributed by atoms with Gasteiger partial charge in [0.2, 0.25) is 0 Å². The zero-order valence-corrected chi connectivity index (χ0v) is 13.2. The number of guanidine groups is 1. The maximum atomic E-state index is 6.08. The number of thioether (sulfide) groups is 2. The summed E-state index contributed by atoms with van der Waals surface area (Å²) in [5.74, 6) is 2.99. The van der Waals surface area contributed by atoms with Crippen molar-refractivity contribution in [3.05, 3.63) is 29.3 Å². The van der Waals surface area contributed by atoms with Gasteiger partial charge in [-0.1, -0.05) is 12.1 Å². The molecule has 0 unspecified atom stereocenters. The molecular weight excluding hydrogens is 274 g/mol. The van der Waals surface area contributed by atoms with E-state index in [0.29, 0.717) is 12.5 Å². The Kier molecular flexibility index (Phi) is 5.45. The SMILES string of the molecule is CSc1cc(C)ccc1CN=C(N)N1CCSCC1. The maximum absolute atomic E-state index is 6.08. The van der Waals surface area contributed by atoms with E-state index in [1.165, 1.54) is 16.0 Å². The van der Waals surface area contributed by atoms with Gasteiger partial charge in [0.15, 0.2) is 5.96 Å². The Labute approximate surface area is 124 Å². The van der Waals surface area contributed by atoms with Crippen LogP contribution in [0.1, 0.15) is 11.1 Å². The lowest BCUT2D eigenvalue weighted by molar-refractivity contribution is 0.455. The van der Waals surface area contributed by atoms with E-state index in [9.17, 15) is 0 Å². The van der Waals surface area contributed by atoms with Crippen molar-refractivity contribution in [2.75, 3.05) is 30.9 Å². The molecule has 1 aromatic rings. The van der Waals surface area contributed by atoms with Gasteiger partial charge in [-0.2, -0.15) is 11.8 Å². The van der Waals surface area contributed by atoms with Gasteiger partial charge in [0, 0.05) is 29.5 Å². The van der Waals surface area contributed by atoms with Gasteiger partial charge in [-0.15, -0.1) is 11.8 Å². The van der Waals surface area contributed by atoms with E-state index < -0.39 is 0 Å². The molecule has 0 atom stereocenters. The molecule has 2 N–H and O–H groups in total. The summed E-state index contributed by atoms with van der Waals surface area (Å²) in [6, 6.07) is 6.51. The predicted octanol–water partition coefficient (Wildman–Crippen LogP) is 2.58. The molecule has 1 fully saturated rings. The summed E-state index contributed by atoms with van der Waals surface area (Å²) in [6.45, 7) is 4.82. The highest BCUT2D eigenvalue weighted by Gasteiger charge is 2.12. The van der Waals surface area contributed by atoms with Crippen LogP contribution in [0.15, 0.2) is 28.1 Å². The second-order valence-corrected chi connectivity index (χ2v) is 6.66. The van der Waals surface area contributed by atoms with Crippen molar-refractivity contribution in [3.8, 4) is 0 Å². The number of nitrogens with two attached hydrogens (primary N) is 1. The first-order valence-electron chi connectivity index (χ1n) is 6.47. The number of rotatable bonds is 3. The standard InChI is InChI=1S/C14H21N3S2/c1-11-3-4-12(13(9-11)18-2)10-16-14(15)17-5-7-19-8-6-17/h3-4,9H,5-8,10H2,1-2H3,(H2,15,16). The van der Waals surface area contributed by atoms with Crippen LogP contribution in [0.5, 0.6) is 0 Å². The second-order valence-electron chi connectivity index (χ2n) is 4.59. The lowest BCUT2D eigenvalue weighted by Gasteiger charge is -2.27. The lowest BCUT2D eigenvalue weighted by Crippen LogP contribution is -2.42. The lowest BCUT2D eigenvalue weighted by atomic mass is 10.1. The molecule has 0 radical (unpaired) electrons. The molecular formula is C14H21N3S2. The largest absolute Gasteiger partial charge is 0.370 e. The van der Waals surface area contributed by atoms with Gasteiger partial charge in [-0.25, -0.2) is 4.99 Å². The smallest absolute Gasteiger partial charge is 0.191 e. The molecule has 0 aromatic heterocycles. The summed E-state index contributed by atoms with van der Waals surface area (Å²) >= 11 is 3.75. The summed E-state index contributed by atoms with van der Waals surface area (Å²) in [5.41, 5.74) is 8.62. The predicted molar refractivity (Wildman–Crippen MR) is 87.2 cm³/mol. The van der Waals surface area contributed by atoms with E-state index >= 15 is 0 Å². The third-order valence-corrected chi connectivity index (χ3v) is 4.95. The number of hydrogen-bond donors (Lipinski definition) is 1. The van der Waals surface area contributed by atoms with Gasteiger partial charge in [-0.05, 0) is 30.4 Å². The van der Waals surface area contributed by atoms with Crippen LogP contribution in [-0.2, 0) is 6.54 Å². The van der Waals surface area contributed by atoms with Crippen molar-refractivity contribution < 1.29 is 0 Å². The highest BCUT2D eigenvalue weighted by molar-refractivity contribution is 7.99. The molecule has 0 bridgehead atoms. The first-order chi connectivity index (χ1) is 9.20. The van der Waals surface area contributed by atoms with Crippen LogP contribution in [0.25, 0.3) is 0 Å². The minimum Gasteiger partial charge on any atom is -0.370 e.